The zero-order valence-corrected chi connectivity index (χ0v) is 11.3. The number of hydrogen-bond acceptors (Lipinski definition) is 3. The van der Waals surface area contributed by atoms with Crippen molar-refractivity contribution in [3.8, 4) is 0 Å². The molecule has 3 N–H and O–H groups in total. The molecule has 0 aromatic heterocycles. The Hall–Kier alpha value is -1.55. The van der Waals surface area contributed by atoms with Gasteiger partial charge >= 0.3 is 6.09 Å². The molecular formula is C14H22N2O2. The smallest absolute Gasteiger partial charge is 0.407 e. The van der Waals surface area contributed by atoms with Gasteiger partial charge in [-0.15, -0.1) is 0 Å². The fourth-order valence-electron chi connectivity index (χ4n) is 1.47. The fraction of sp³-hybridized carbons (Fsp3) is 0.500. The molecule has 0 atom stereocenters. The van der Waals surface area contributed by atoms with Crippen LogP contribution in [0.3, 0.4) is 0 Å². The van der Waals surface area contributed by atoms with Crippen molar-refractivity contribution in [2.24, 2.45) is 5.73 Å². The highest BCUT2D eigenvalue weighted by molar-refractivity contribution is 5.67. The normalized spacial score (nSPS) is 11.1. The van der Waals surface area contributed by atoms with Gasteiger partial charge in [0, 0.05) is 13.1 Å². The van der Waals surface area contributed by atoms with Gasteiger partial charge in [-0.05, 0) is 38.3 Å². The highest BCUT2D eigenvalue weighted by atomic mass is 16.6. The van der Waals surface area contributed by atoms with Crippen molar-refractivity contribution >= 4 is 6.09 Å². The Morgan fingerprint density at radius 3 is 2.28 bits per heavy atom. The number of nitrogens with two attached hydrogens (primary N) is 1. The predicted molar refractivity (Wildman–Crippen MR) is 72.3 cm³/mol. The van der Waals surface area contributed by atoms with Gasteiger partial charge in [-0.1, -0.05) is 24.3 Å². The van der Waals surface area contributed by atoms with E-state index in [1.165, 1.54) is 5.56 Å². The number of nitrogens with one attached hydrogen (secondary N) is 1. The van der Waals surface area contributed by atoms with Crippen molar-refractivity contribution in [2.75, 3.05) is 6.54 Å². The molecule has 18 heavy (non-hydrogen) atoms. The van der Waals surface area contributed by atoms with Gasteiger partial charge < -0.3 is 15.8 Å². The molecule has 0 unspecified atom stereocenters. The van der Waals surface area contributed by atoms with Crippen LogP contribution in [0.1, 0.15) is 31.9 Å². The van der Waals surface area contributed by atoms with Crippen LogP contribution in [0.25, 0.3) is 0 Å². The minimum Gasteiger partial charge on any atom is -0.444 e. The number of amides is 1. The lowest BCUT2D eigenvalue weighted by molar-refractivity contribution is 0.0528. The lowest BCUT2D eigenvalue weighted by Crippen LogP contribution is -2.33. The summed E-state index contributed by atoms with van der Waals surface area (Å²) in [6, 6.07) is 8.06. The van der Waals surface area contributed by atoms with Crippen molar-refractivity contribution in [3.05, 3.63) is 35.4 Å². The summed E-state index contributed by atoms with van der Waals surface area (Å²) in [6.45, 7) is 6.65. The summed E-state index contributed by atoms with van der Waals surface area (Å²) in [5.41, 5.74) is 7.35. The maximum atomic E-state index is 11.4. The number of hydrogen-bond donors (Lipinski definition) is 2. The quantitative estimate of drug-likeness (QED) is 0.861. The Balaban J connectivity index is 2.30. The van der Waals surface area contributed by atoms with Crippen LogP contribution in [0.2, 0.25) is 0 Å². The summed E-state index contributed by atoms with van der Waals surface area (Å²) >= 11 is 0. The maximum absolute atomic E-state index is 11.4. The molecule has 0 fully saturated rings. The van der Waals surface area contributed by atoms with Crippen LogP contribution in [0.15, 0.2) is 24.3 Å². The molecule has 4 heteroatoms. The van der Waals surface area contributed by atoms with E-state index in [0.29, 0.717) is 13.1 Å². The number of carbonyl (C=O) groups excluding carboxylic acids is 1. The SMILES string of the molecule is CC(C)(C)OC(=O)NCCc1ccc(CN)cc1. The van der Waals surface area contributed by atoms with E-state index in [1.807, 2.05) is 45.0 Å². The average Bonchev–Trinajstić information content (AvgIpc) is 2.27. The zero-order chi connectivity index (χ0) is 13.6. The Morgan fingerprint density at radius 2 is 1.78 bits per heavy atom. The third kappa shape index (κ3) is 5.68. The summed E-state index contributed by atoms with van der Waals surface area (Å²) in [5, 5.41) is 2.73. The van der Waals surface area contributed by atoms with Gasteiger partial charge in [0.1, 0.15) is 5.60 Å². The molecule has 1 amide bonds. The first-order valence-electron chi connectivity index (χ1n) is 6.15. The molecular weight excluding hydrogens is 228 g/mol. The average molecular weight is 250 g/mol. The molecule has 100 valence electrons. The second-order valence-electron chi connectivity index (χ2n) is 5.20. The minimum atomic E-state index is -0.452. The third-order valence-corrected chi connectivity index (χ3v) is 2.34. The highest BCUT2D eigenvalue weighted by Gasteiger charge is 2.15. The minimum absolute atomic E-state index is 0.374. The van der Waals surface area contributed by atoms with E-state index in [4.69, 9.17) is 10.5 Å². The summed E-state index contributed by atoms with van der Waals surface area (Å²) < 4.78 is 5.15. The van der Waals surface area contributed by atoms with Crippen molar-refractivity contribution in [3.63, 3.8) is 0 Å². The molecule has 0 saturated heterocycles. The third-order valence-electron chi connectivity index (χ3n) is 2.34. The molecule has 0 bridgehead atoms. The van der Waals surface area contributed by atoms with Gasteiger partial charge in [-0.2, -0.15) is 0 Å². The zero-order valence-electron chi connectivity index (χ0n) is 11.3. The molecule has 0 spiro atoms. The second kappa shape index (κ2) is 6.40. The van der Waals surface area contributed by atoms with Gasteiger partial charge in [0.25, 0.3) is 0 Å². The van der Waals surface area contributed by atoms with Gasteiger partial charge in [-0.25, -0.2) is 4.79 Å². The van der Waals surface area contributed by atoms with Crippen LogP contribution < -0.4 is 11.1 Å². The summed E-state index contributed by atoms with van der Waals surface area (Å²) in [7, 11) is 0. The second-order valence-corrected chi connectivity index (χ2v) is 5.20. The first-order chi connectivity index (χ1) is 8.40. The largest absolute Gasteiger partial charge is 0.444 e. The molecule has 0 aliphatic carbocycles. The first-order valence-corrected chi connectivity index (χ1v) is 6.15. The number of benzene rings is 1. The Labute approximate surface area is 109 Å². The number of alkyl carbamates (subject to hydrolysis) is 1. The maximum Gasteiger partial charge on any atom is 0.407 e. The molecule has 1 aromatic carbocycles. The van der Waals surface area contributed by atoms with Gasteiger partial charge in [0.2, 0.25) is 0 Å². The standard InChI is InChI=1S/C14H22N2O2/c1-14(2,3)18-13(17)16-9-8-11-4-6-12(10-15)7-5-11/h4-7H,8-10,15H2,1-3H3,(H,16,17). The molecule has 0 heterocycles. The van der Waals surface area contributed by atoms with Crippen LogP contribution in [0.5, 0.6) is 0 Å². The van der Waals surface area contributed by atoms with E-state index in [1.54, 1.807) is 0 Å². The van der Waals surface area contributed by atoms with Crippen molar-refractivity contribution in [1.82, 2.24) is 5.32 Å². The first kappa shape index (κ1) is 14.5. The molecule has 4 nitrogen and oxygen atoms in total. The summed E-state index contributed by atoms with van der Waals surface area (Å²) in [4.78, 5) is 11.4. The molecule has 0 aliphatic rings. The van der Waals surface area contributed by atoms with Gasteiger partial charge in [0.15, 0.2) is 0 Å². The van der Waals surface area contributed by atoms with Crippen LogP contribution in [0, 0.1) is 0 Å². The highest BCUT2D eigenvalue weighted by Crippen LogP contribution is 2.07. The lowest BCUT2D eigenvalue weighted by atomic mass is 10.1. The molecule has 0 saturated carbocycles. The molecule has 1 aromatic rings. The summed E-state index contributed by atoms with van der Waals surface area (Å²) in [5.74, 6) is 0. The van der Waals surface area contributed by atoms with E-state index in [0.717, 1.165) is 12.0 Å². The van der Waals surface area contributed by atoms with Gasteiger partial charge in [-0.3, -0.25) is 0 Å². The van der Waals surface area contributed by atoms with E-state index >= 15 is 0 Å². The molecule has 0 aliphatic heterocycles. The Morgan fingerprint density at radius 1 is 1.22 bits per heavy atom. The van der Waals surface area contributed by atoms with E-state index in [-0.39, 0.29) is 6.09 Å². The van der Waals surface area contributed by atoms with E-state index in [2.05, 4.69) is 5.32 Å². The van der Waals surface area contributed by atoms with Crippen molar-refractivity contribution in [1.29, 1.82) is 0 Å². The van der Waals surface area contributed by atoms with E-state index in [9.17, 15) is 4.79 Å². The molecule has 1 rings (SSSR count). The number of carbonyl (C=O) groups is 1. The predicted octanol–water partition coefficient (Wildman–Crippen LogP) is 2.21. The topological polar surface area (TPSA) is 64.3 Å². The van der Waals surface area contributed by atoms with Crippen LogP contribution in [-0.4, -0.2) is 18.2 Å². The molecule has 0 radical (unpaired) electrons. The fourth-order valence-corrected chi connectivity index (χ4v) is 1.47. The van der Waals surface area contributed by atoms with Gasteiger partial charge in [0.05, 0.1) is 0 Å². The van der Waals surface area contributed by atoms with Crippen LogP contribution >= 0.6 is 0 Å². The summed E-state index contributed by atoms with van der Waals surface area (Å²) in [6.07, 6.45) is 0.408. The Kier molecular flexibility index (Phi) is 5.16. The lowest BCUT2D eigenvalue weighted by Gasteiger charge is -2.19. The number of ether oxygens (including phenoxy) is 1. The Bertz CT molecular complexity index is 380. The number of rotatable bonds is 4. The van der Waals surface area contributed by atoms with Crippen molar-refractivity contribution in [2.45, 2.75) is 39.3 Å². The monoisotopic (exact) mass is 250 g/mol. The van der Waals surface area contributed by atoms with Crippen molar-refractivity contribution < 1.29 is 9.53 Å². The van der Waals surface area contributed by atoms with Crippen LogP contribution in [-0.2, 0) is 17.7 Å². The van der Waals surface area contributed by atoms with E-state index < -0.39 is 5.60 Å². The van der Waals surface area contributed by atoms with Crippen LogP contribution in [0.4, 0.5) is 4.79 Å².